The average molecular weight is 463 g/mol. The molecule has 0 fully saturated rings. The molecule has 1 aromatic heterocycles. The molecular weight excluding hydrogens is 444 g/mol. The lowest BCUT2D eigenvalue weighted by atomic mass is 10.3. The largest absolute Gasteiger partial charge is 0.454 e. The molecular formula is C20H19ClN4O5S. The number of carbonyl (C=O) groups excluding carboxylic acids is 2. The van der Waals surface area contributed by atoms with E-state index >= 15 is 0 Å². The first-order valence-corrected chi connectivity index (χ1v) is 10.7. The SMILES string of the molecule is COCCn1c(SCC(=O)NC(=O)Nc2ccc3c(c2)OCO3)nc2cc(Cl)ccc21. The molecule has 2 N–H and O–H groups in total. The topological polar surface area (TPSA) is 104 Å². The molecule has 1 aliphatic heterocycles. The van der Waals surface area contributed by atoms with Gasteiger partial charge in [0, 0.05) is 30.4 Å². The van der Waals surface area contributed by atoms with E-state index in [9.17, 15) is 9.59 Å². The van der Waals surface area contributed by atoms with E-state index in [1.165, 1.54) is 11.8 Å². The number of carbonyl (C=O) groups is 2. The van der Waals surface area contributed by atoms with Crippen molar-refractivity contribution >= 4 is 52.0 Å². The summed E-state index contributed by atoms with van der Waals surface area (Å²) in [5.74, 6) is 0.705. The van der Waals surface area contributed by atoms with Crippen LogP contribution in [-0.2, 0) is 16.1 Å². The number of aromatic nitrogens is 2. The van der Waals surface area contributed by atoms with Gasteiger partial charge < -0.3 is 24.1 Å². The minimum Gasteiger partial charge on any atom is -0.454 e. The summed E-state index contributed by atoms with van der Waals surface area (Å²) in [6, 6.07) is 9.78. The predicted molar refractivity (Wildman–Crippen MR) is 117 cm³/mol. The summed E-state index contributed by atoms with van der Waals surface area (Å²) >= 11 is 7.29. The minimum atomic E-state index is -0.635. The maximum atomic E-state index is 12.3. The zero-order valence-corrected chi connectivity index (χ0v) is 18.1. The van der Waals surface area contributed by atoms with Gasteiger partial charge in [-0.05, 0) is 30.3 Å². The maximum absolute atomic E-state index is 12.3. The molecule has 3 aromatic rings. The second-order valence-corrected chi connectivity index (χ2v) is 7.91. The quantitative estimate of drug-likeness (QED) is 0.518. The van der Waals surface area contributed by atoms with Gasteiger partial charge in [-0.1, -0.05) is 23.4 Å². The molecule has 0 saturated carbocycles. The van der Waals surface area contributed by atoms with Crippen LogP contribution in [0.5, 0.6) is 11.5 Å². The molecule has 0 unspecified atom stereocenters. The molecule has 0 bridgehead atoms. The van der Waals surface area contributed by atoms with Crippen LogP contribution in [0.25, 0.3) is 11.0 Å². The number of urea groups is 1. The highest BCUT2D eigenvalue weighted by Crippen LogP contribution is 2.34. The van der Waals surface area contributed by atoms with Crippen molar-refractivity contribution in [1.82, 2.24) is 14.9 Å². The Kier molecular flexibility index (Phi) is 6.50. The number of benzene rings is 2. The van der Waals surface area contributed by atoms with Crippen LogP contribution in [0.2, 0.25) is 5.02 Å². The molecule has 2 heterocycles. The Bertz CT molecular complexity index is 1140. The third-order valence-electron chi connectivity index (χ3n) is 4.41. The lowest BCUT2D eigenvalue weighted by molar-refractivity contribution is -0.117. The number of halogens is 1. The molecule has 0 saturated heterocycles. The van der Waals surface area contributed by atoms with Crippen molar-refractivity contribution in [1.29, 1.82) is 0 Å². The molecule has 0 aliphatic carbocycles. The van der Waals surface area contributed by atoms with Crippen LogP contribution >= 0.6 is 23.4 Å². The number of anilines is 1. The zero-order chi connectivity index (χ0) is 21.8. The lowest BCUT2D eigenvalue weighted by Gasteiger charge is -2.09. The van der Waals surface area contributed by atoms with Crippen LogP contribution in [0.3, 0.4) is 0 Å². The van der Waals surface area contributed by atoms with Crippen LogP contribution in [-0.4, -0.2) is 47.8 Å². The summed E-state index contributed by atoms with van der Waals surface area (Å²) in [7, 11) is 1.62. The number of ether oxygens (including phenoxy) is 3. The number of hydrogen-bond acceptors (Lipinski definition) is 7. The minimum absolute atomic E-state index is 0.0125. The van der Waals surface area contributed by atoms with Crippen molar-refractivity contribution < 1.29 is 23.8 Å². The molecule has 31 heavy (non-hydrogen) atoms. The summed E-state index contributed by atoms with van der Waals surface area (Å²) in [5, 5.41) is 6.13. The first-order chi connectivity index (χ1) is 15.0. The Morgan fingerprint density at radius 1 is 1.23 bits per heavy atom. The fraction of sp³-hybridized carbons (Fsp3) is 0.250. The Morgan fingerprint density at radius 3 is 2.90 bits per heavy atom. The lowest BCUT2D eigenvalue weighted by Crippen LogP contribution is -2.35. The fourth-order valence-corrected chi connectivity index (χ4v) is 4.03. The number of imide groups is 1. The Morgan fingerprint density at radius 2 is 2.06 bits per heavy atom. The highest BCUT2D eigenvalue weighted by atomic mass is 35.5. The molecule has 9 nitrogen and oxygen atoms in total. The van der Waals surface area contributed by atoms with Gasteiger partial charge >= 0.3 is 6.03 Å². The monoisotopic (exact) mass is 462 g/mol. The Labute approximate surface area is 187 Å². The van der Waals surface area contributed by atoms with E-state index in [0.717, 1.165) is 11.0 Å². The summed E-state index contributed by atoms with van der Waals surface area (Å²) in [6.07, 6.45) is 0. The number of amides is 3. The third kappa shape index (κ3) is 5.04. The van der Waals surface area contributed by atoms with Gasteiger partial charge in [0.1, 0.15) is 0 Å². The first kappa shape index (κ1) is 21.3. The highest BCUT2D eigenvalue weighted by molar-refractivity contribution is 7.99. The number of rotatable bonds is 7. The van der Waals surface area contributed by atoms with Crippen LogP contribution in [0.1, 0.15) is 0 Å². The van der Waals surface area contributed by atoms with Gasteiger partial charge in [-0.3, -0.25) is 10.1 Å². The number of imidazole rings is 1. The van der Waals surface area contributed by atoms with E-state index < -0.39 is 11.9 Å². The van der Waals surface area contributed by atoms with Gasteiger partial charge in [-0.15, -0.1) is 0 Å². The van der Waals surface area contributed by atoms with E-state index in [1.54, 1.807) is 37.4 Å². The van der Waals surface area contributed by atoms with E-state index in [4.69, 9.17) is 25.8 Å². The van der Waals surface area contributed by atoms with Crippen LogP contribution in [0.15, 0.2) is 41.6 Å². The van der Waals surface area contributed by atoms with Crippen LogP contribution in [0.4, 0.5) is 10.5 Å². The van der Waals surface area contributed by atoms with Gasteiger partial charge in [0.05, 0.1) is 23.4 Å². The first-order valence-electron chi connectivity index (χ1n) is 9.31. The van der Waals surface area contributed by atoms with E-state index in [0.29, 0.717) is 40.5 Å². The second-order valence-electron chi connectivity index (χ2n) is 6.53. The number of hydrogen-bond donors (Lipinski definition) is 2. The molecule has 162 valence electrons. The third-order valence-corrected chi connectivity index (χ3v) is 5.62. The van der Waals surface area contributed by atoms with E-state index in [2.05, 4.69) is 15.6 Å². The predicted octanol–water partition coefficient (Wildman–Crippen LogP) is 3.51. The average Bonchev–Trinajstić information content (AvgIpc) is 3.33. The summed E-state index contributed by atoms with van der Waals surface area (Å²) in [5.41, 5.74) is 2.11. The summed E-state index contributed by atoms with van der Waals surface area (Å²) in [6.45, 7) is 1.21. The van der Waals surface area contributed by atoms with Crippen molar-refractivity contribution in [2.45, 2.75) is 11.7 Å². The van der Waals surface area contributed by atoms with Crippen molar-refractivity contribution in [3.63, 3.8) is 0 Å². The number of fused-ring (bicyclic) bond motifs is 2. The molecule has 4 rings (SSSR count). The summed E-state index contributed by atoms with van der Waals surface area (Å²) in [4.78, 5) is 29.0. The number of methoxy groups -OCH3 is 1. The van der Waals surface area contributed by atoms with Crippen molar-refractivity contribution in [3.8, 4) is 11.5 Å². The number of nitrogens with zero attached hydrogens (tertiary/aromatic N) is 2. The standard InChI is InChI=1S/C20H19ClN4O5S/c1-28-7-6-25-15-4-2-12(21)8-14(15)23-20(25)31-10-18(26)24-19(27)22-13-3-5-16-17(9-13)30-11-29-16/h2-5,8-9H,6-7,10-11H2,1H3,(H2,22,24,26,27). The molecule has 1 aliphatic rings. The van der Waals surface area contributed by atoms with Crippen molar-refractivity contribution in [3.05, 3.63) is 41.4 Å². The number of nitrogens with one attached hydrogen (secondary N) is 2. The second kappa shape index (κ2) is 9.46. The zero-order valence-electron chi connectivity index (χ0n) is 16.5. The maximum Gasteiger partial charge on any atom is 0.325 e. The van der Waals surface area contributed by atoms with Crippen LogP contribution < -0.4 is 20.1 Å². The van der Waals surface area contributed by atoms with E-state index in [-0.39, 0.29) is 12.5 Å². The van der Waals surface area contributed by atoms with Crippen molar-refractivity contribution in [2.24, 2.45) is 0 Å². The number of thioether (sulfide) groups is 1. The Balaban J connectivity index is 1.36. The molecule has 0 spiro atoms. The van der Waals surface area contributed by atoms with Gasteiger partial charge in [-0.2, -0.15) is 0 Å². The smallest absolute Gasteiger partial charge is 0.325 e. The van der Waals surface area contributed by atoms with Crippen molar-refractivity contribution in [2.75, 3.05) is 31.6 Å². The van der Waals surface area contributed by atoms with E-state index in [1.807, 2.05) is 10.6 Å². The molecule has 2 aromatic carbocycles. The summed E-state index contributed by atoms with van der Waals surface area (Å²) < 4.78 is 17.6. The van der Waals surface area contributed by atoms with Gasteiger partial charge in [0.2, 0.25) is 12.7 Å². The fourth-order valence-electron chi connectivity index (χ4n) is 3.02. The van der Waals surface area contributed by atoms with Crippen LogP contribution in [0, 0.1) is 0 Å². The highest BCUT2D eigenvalue weighted by Gasteiger charge is 2.17. The molecule has 11 heteroatoms. The molecule has 0 atom stereocenters. The van der Waals surface area contributed by atoms with Gasteiger partial charge in [0.15, 0.2) is 16.7 Å². The molecule has 0 radical (unpaired) electrons. The molecule has 3 amide bonds. The normalized spacial score (nSPS) is 12.2. The van der Waals surface area contributed by atoms with Gasteiger partial charge in [0.25, 0.3) is 0 Å². The van der Waals surface area contributed by atoms with Gasteiger partial charge in [-0.25, -0.2) is 9.78 Å². The Hall–Kier alpha value is -2.95.